The summed E-state index contributed by atoms with van der Waals surface area (Å²) in [6, 6.07) is 11.8. The van der Waals surface area contributed by atoms with Crippen LogP contribution in [0.4, 0.5) is 24.5 Å². The van der Waals surface area contributed by atoms with Gasteiger partial charge in [0.1, 0.15) is 11.4 Å². The summed E-state index contributed by atoms with van der Waals surface area (Å²) in [4.78, 5) is 25.3. The van der Waals surface area contributed by atoms with E-state index in [0.717, 1.165) is 0 Å². The van der Waals surface area contributed by atoms with Crippen LogP contribution in [-0.4, -0.2) is 18.7 Å². The van der Waals surface area contributed by atoms with Crippen LogP contribution >= 0.6 is 0 Å². The molecular formula is C21H12F3NO3. The summed E-state index contributed by atoms with van der Waals surface area (Å²) in [5.41, 5.74) is -2.47. The lowest BCUT2D eigenvalue weighted by Crippen LogP contribution is -2.25. The number of benzene rings is 3. The number of nitrogens with one attached hydrogen (secondary N) is 1. The van der Waals surface area contributed by atoms with E-state index < -0.39 is 45.8 Å². The van der Waals surface area contributed by atoms with Gasteiger partial charge in [-0.05, 0) is 12.1 Å². The molecule has 4 rings (SSSR count). The van der Waals surface area contributed by atoms with Gasteiger partial charge >= 0.3 is 0 Å². The van der Waals surface area contributed by atoms with Crippen molar-refractivity contribution in [2.75, 3.05) is 12.4 Å². The van der Waals surface area contributed by atoms with Gasteiger partial charge in [-0.1, -0.05) is 30.3 Å². The van der Waals surface area contributed by atoms with Gasteiger partial charge in [-0.25, -0.2) is 13.2 Å². The van der Waals surface area contributed by atoms with E-state index in [2.05, 4.69) is 5.32 Å². The number of hydrogen-bond donors (Lipinski definition) is 1. The van der Waals surface area contributed by atoms with Crippen LogP contribution in [0.1, 0.15) is 31.8 Å². The molecule has 0 saturated heterocycles. The number of halogens is 3. The molecule has 0 heterocycles. The normalized spacial score (nSPS) is 12.4. The first-order chi connectivity index (χ1) is 13.4. The Morgan fingerprint density at radius 1 is 0.786 bits per heavy atom. The molecule has 1 N–H and O–H groups in total. The lowest BCUT2D eigenvalue weighted by atomic mass is 9.83. The van der Waals surface area contributed by atoms with Gasteiger partial charge in [0.2, 0.25) is 0 Å². The van der Waals surface area contributed by atoms with Crippen LogP contribution in [0.15, 0.2) is 48.5 Å². The summed E-state index contributed by atoms with van der Waals surface area (Å²) in [5, 5.41) is 2.43. The van der Waals surface area contributed by atoms with Crippen molar-refractivity contribution in [1.82, 2.24) is 0 Å². The van der Waals surface area contributed by atoms with Crippen LogP contribution in [0.25, 0.3) is 0 Å². The number of carbonyl (C=O) groups is 2. The SMILES string of the molecule is COc1cccc(Nc2c(F)c(F)c3c(c2F)C(=O)c2ccccc2C3=O)c1. The van der Waals surface area contributed by atoms with Gasteiger partial charge in [-0.2, -0.15) is 0 Å². The minimum Gasteiger partial charge on any atom is -0.497 e. The fourth-order valence-electron chi connectivity index (χ4n) is 3.19. The molecule has 1 aliphatic rings. The Kier molecular flexibility index (Phi) is 4.15. The van der Waals surface area contributed by atoms with Crippen LogP contribution in [-0.2, 0) is 0 Å². The van der Waals surface area contributed by atoms with E-state index in [1.54, 1.807) is 12.1 Å². The van der Waals surface area contributed by atoms with Crippen LogP contribution < -0.4 is 10.1 Å². The largest absolute Gasteiger partial charge is 0.497 e. The maximum absolute atomic E-state index is 15.1. The highest BCUT2D eigenvalue weighted by molar-refractivity contribution is 6.28. The van der Waals surface area contributed by atoms with Gasteiger partial charge in [0.25, 0.3) is 0 Å². The molecule has 1 aliphatic carbocycles. The Bertz CT molecular complexity index is 1160. The minimum absolute atomic E-state index is 0.0581. The fraction of sp³-hybridized carbons (Fsp3) is 0.0476. The van der Waals surface area contributed by atoms with Crippen molar-refractivity contribution in [3.8, 4) is 5.75 Å². The van der Waals surface area contributed by atoms with E-state index in [0.29, 0.717) is 5.75 Å². The smallest absolute Gasteiger partial charge is 0.197 e. The standard InChI is InChI=1S/C21H12F3NO3/c1-28-11-6-4-5-10(9-11)25-19-17(23)15-14(16(22)18(19)24)20(26)12-7-2-3-8-13(12)21(15)27/h2-9,25H,1H3. The van der Waals surface area contributed by atoms with Crippen LogP contribution in [0.3, 0.4) is 0 Å². The second kappa shape index (κ2) is 6.53. The molecule has 0 saturated carbocycles. The van der Waals surface area contributed by atoms with Crippen molar-refractivity contribution >= 4 is 22.9 Å². The summed E-state index contributed by atoms with van der Waals surface area (Å²) in [5.74, 6) is -5.90. The van der Waals surface area contributed by atoms with Crippen molar-refractivity contribution in [3.63, 3.8) is 0 Å². The predicted molar refractivity (Wildman–Crippen MR) is 95.9 cm³/mol. The van der Waals surface area contributed by atoms with E-state index in [-0.39, 0.29) is 16.8 Å². The van der Waals surface area contributed by atoms with Crippen LogP contribution in [0, 0.1) is 17.5 Å². The number of ketones is 2. The third-order valence-electron chi connectivity index (χ3n) is 4.53. The second-order valence-electron chi connectivity index (χ2n) is 6.13. The van der Waals surface area contributed by atoms with Crippen molar-refractivity contribution in [2.24, 2.45) is 0 Å². The zero-order valence-corrected chi connectivity index (χ0v) is 14.5. The molecule has 0 aromatic heterocycles. The zero-order valence-electron chi connectivity index (χ0n) is 14.5. The Hall–Kier alpha value is -3.61. The molecule has 0 fully saturated rings. The summed E-state index contributed by atoms with van der Waals surface area (Å²) >= 11 is 0. The molecule has 0 amide bonds. The Morgan fingerprint density at radius 2 is 1.39 bits per heavy atom. The van der Waals surface area contributed by atoms with E-state index in [1.807, 2.05) is 0 Å². The lowest BCUT2D eigenvalue weighted by Gasteiger charge is -2.21. The molecule has 4 nitrogen and oxygen atoms in total. The van der Waals surface area contributed by atoms with Crippen molar-refractivity contribution in [1.29, 1.82) is 0 Å². The minimum atomic E-state index is -1.58. The number of ether oxygens (including phenoxy) is 1. The molecule has 28 heavy (non-hydrogen) atoms. The fourth-order valence-corrected chi connectivity index (χ4v) is 3.19. The van der Waals surface area contributed by atoms with Gasteiger partial charge in [-0.15, -0.1) is 0 Å². The maximum atomic E-state index is 15.1. The summed E-state index contributed by atoms with van der Waals surface area (Å²) in [6.45, 7) is 0. The number of methoxy groups -OCH3 is 1. The molecule has 0 aliphatic heterocycles. The lowest BCUT2D eigenvalue weighted by molar-refractivity contribution is 0.0971. The predicted octanol–water partition coefficient (Wildman–Crippen LogP) is 4.63. The van der Waals surface area contributed by atoms with E-state index >= 15 is 4.39 Å². The van der Waals surface area contributed by atoms with Gasteiger partial charge in [-0.3, -0.25) is 9.59 Å². The van der Waals surface area contributed by atoms with Crippen LogP contribution in [0.5, 0.6) is 5.75 Å². The number of rotatable bonds is 3. The topological polar surface area (TPSA) is 55.4 Å². The second-order valence-corrected chi connectivity index (χ2v) is 6.13. The number of carbonyl (C=O) groups excluding carboxylic acids is 2. The molecule has 0 bridgehead atoms. The summed E-state index contributed by atoms with van der Waals surface area (Å²) in [7, 11) is 1.42. The average molecular weight is 383 g/mol. The Balaban J connectivity index is 1.91. The van der Waals surface area contributed by atoms with Crippen molar-refractivity contribution in [3.05, 3.63) is 88.2 Å². The summed E-state index contributed by atoms with van der Waals surface area (Å²) < 4.78 is 49.5. The van der Waals surface area contributed by atoms with Gasteiger partial charge in [0.05, 0.1) is 18.2 Å². The van der Waals surface area contributed by atoms with E-state index in [9.17, 15) is 18.4 Å². The maximum Gasteiger partial charge on any atom is 0.197 e. The van der Waals surface area contributed by atoms with Crippen molar-refractivity contribution in [2.45, 2.75) is 0 Å². The Labute approximate surface area is 157 Å². The highest BCUT2D eigenvalue weighted by Crippen LogP contribution is 2.37. The molecule has 0 unspecified atom stereocenters. The molecule has 140 valence electrons. The molecule has 0 atom stereocenters. The first-order valence-corrected chi connectivity index (χ1v) is 8.24. The van der Waals surface area contributed by atoms with Gasteiger partial charge in [0, 0.05) is 22.9 Å². The first-order valence-electron chi connectivity index (χ1n) is 8.24. The molecule has 3 aromatic carbocycles. The van der Waals surface area contributed by atoms with E-state index in [1.165, 1.54) is 43.5 Å². The Morgan fingerprint density at radius 3 is 2.00 bits per heavy atom. The molecule has 3 aromatic rings. The van der Waals surface area contributed by atoms with Gasteiger partial charge in [0.15, 0.2) is 29.0 Å². The molecule has 7 heteroatoms. The number of hydrogen-bond acceptors (Lipinski definition) is 4. The molecule has 0 spiro atoms. The van der Waals surface area contributed by atoms with Gasteiger partial charge < -0.3 is 10.1 Å². The first kappa shape index (κ1) is 17.8. The summed E-state index contributed by atoms with van der Waals surface area (Å²) in [6.07, 6.45) is 0. The average Bonchev–Trinajstić information content (AvgIpc) is 2.72. The third kappa shape index (κ3) is 2.55. The molecule has 0 radical (unpaired) electrons. The molecular weight excluding hydrogens is 371 g/mol. The highest BCUT2D eigenvalue weighted by atomic mass is 19.2. The number of fused-ring (bicyclic) bond motifs is 2. The quantitative estimate of drug-likeness (QED) is 0.524. The van der Waals surface area contributed by atoms with E-state index in [4.69, 9.17) is 4.74 Å². The number of anilines is 2. The van der Waals surface area contributed by atoms with Crippen molar-refractivity contribution < 1.29 is 27.5 Å². The third-order valence-corrected chi connectivity index (χ3v) is 4.53. The highest BCUT2D eigenvalue weighted by Gasteiger charge is 2.38. The zero-order chi connectivity index (χ0) is 20.0. The monoisotopic (exact) mass is 383 g/mol. The van der Waals surface area contributed by atoms with Crippen LogP contribution in [0.2, 0.25) is 0 Å².